The second kappa shape index (κ2) is 8.19. The number of Topliss-reactive ketones (excluding diaryl/α,β-unsaturated/α-hetero) is 1. The first kappa shape index (κ1) is 20.5. The van der Waals surface area contributed by atoms with Crippen LogP contribution in [0.3, 0.4) is 0 Å². The van der Waals surface area contributed by atoms with Crippen molar-refractivity contribution in [1.29, 1.82) is 0 Å². The maximum atomic E-state index is 13.5. The highest BCUT2D eigenvalue weighted by atomic mass is 16.7. The first-order valence-electron chi connectivity index (χ1n) is 9.42. The van der Waals surface area contributed by atoms with Crippen LogP contribution in [0.1, 0.15) is 34.4 Å². The number of aromatic nitrogens is 1. The topological polar surface area (TPSA) is 98.5 Å². The molecule has 2 heterocycles. The minimum absolute atomic E-state index is 0.159. The van der Waals surface area contributed by atoms with E-state index in [-0.39, 0.29) is 22.8 Å². The minimum Gasteiger partial charge on any atom is -0.496 e. The Morgan fingerprint density at radius 1 is 1.03 bits per heavy atom. The van der Waals surface area contributed by atoms with Crippen LogP contribution in [0.4, 0.5) is 0 Å². The van der Waals surface area contributed by atoms with Crippen molar-refractivity contribution in [1.82, 2.24) is 5.16 Å². The van der Waals surface area contributed by atoms with Crippen molar-refractivity contribution in [2.45, 2.75) is 18.5 Å². The molecule has 1 saturated heterocycles. The van der Waals surface area contributed by atoms with Gasteiger partial charge in [-0.15, -0.1) is 0 Å². The van der Waals surface area contributed by atoms with Crippen molar-refractivity contribution in [3.8, 4) is 17.0 Å². The molecule has 9 nitrogen and oxygen atoms in total. The van der Waals surface area contributed by atoms with Crippen molar-refractivity contribution in [3.05, 3.63) is 40.8 Å². The van der Waals surface area contributed by atoms with E-state index in [9.17, 15) is 4.79 Å². The number of methoxy groups -OCH3 is 4. The summed E-state index contributed by atoms with van der Waals surface area (Å²) in [5, 5.41) is 4.19. The molecule has 2 aromatic rings. The van der Waals surface area contributed by atoms with Crippen molar-refractivity contribution >= 4 is 11.9 Å². The fourth-order valence-corrected chi connectivity index (χ4v) is 3.78. The first-order valence-corrected chi connectivity index (χ1v) is 9.42. The molecule has 0 atom stereocenters. The SMILES string of the molecule is COC1=Cc2onc(-c3c(OC)cccc3C3OCCCO3)c2C(=O)C1(OC)OC. The molecule has 30 heavy (non-hydrogen) atoms. The first-order chi connectivity index (χ1) is 14.6. The summed E-state index contributed by atoms with van der Waals surface area (Å²) in [7, 11) is 5.69. The third-order valence-corrected chi connectivity index (χ3v) is 5.22. The van der Waals surface area contributed by atoms with Crippen LogP contribution in [0.25, 0.3) is 17.3 Å². The number of carbonyl (C=O) groups excluding carboxylic acids is 1. The second-order valence-corrected chi connectivity index (χ2v) is 6.69. The molecule has 1 aromatic heterocycles. The van der Waals surface area contributed by atoms with Gasteiger partial charge in [-0.05, 0) is 12.5 Å². The summed E-state index contributed by atoms with van der Waals surface area (Å²) in [6.45, 7) is 1.13. The number of rotatable bonds is 6. The maximum absolute atomic E-state index is 13.5. The number of benzene rings is 1. The van der Waals surface area contributed by atoms with Crippen molar-refractivity contribution in [2.24, 2.45) is 0 Å². The Morgan fingerprint density at radius 2 is 1.77 bits per heavy atom. The summed E-state index contributed by atoms with van der Waals surface area (Å²) < 4.78 is 38.9. The Kier molecular flexibility index (Phi) is 5.61. The average molecular weight is 417 g/mol. The Bertz CT molecular complexity index is 969. The lowest BCUT2D eigenvalue weighted by atomic mass is 9.89. The van der Waals surface area contributed by atoms with Crippen molar-refractivity contribution in [2.75, 3.05) is 41.7 Å². The van der Waals surface area contributed by atoms with E-state index < -0.39 is 17.9 Å². The van der Waals surface area contributed by atoms with Gasteiger partial charge in [-0.25, -0.2) is 0 Å². The second-order valence-electron chi connectivity index (χ2n) is 6.69. The predicted molar refractivity (Wildman–Crippen MR) is 104 cm³/mol. The summed E-state index contributed by atoms with van der Waals surface area (Å²) in [6, 6.07) is 5.44. The quantitative estimate of drug-likeness (QED) is 0.657. The smallest absolute Gasteiger partial charge is 0.293 e. The van der Waals surface area contributed by atoms with E-state index in [1.807, 2.05) is 12.1 Å². The largest absolute Gasteiger partial charge is 0.496 e. The van der Waals surface area contributed by atoms with Gasteiger partial charge in [-0.3, -0.25) is 4.79 Å². The number of ketones is 1. The van der Waals surface area contributed by atoms with Crippen LogP contribution >= 0.6 is 0 Å². The standard InChI is InChI=1S/C21H23NO8/c1-24-13-8-5-7-12(20-28-9-6-10-29-20)16(13)18-17-14(30-22-18)11-15(25-2)21(26-3,27-4)19(17)23/h5,7-8,11,20H,6,9-10H2,1-4H3. The molecule has 160 valence electrons. The van der Waals surface area contributed by atoms with E-state index in [1.165, 1.54) is 34.5 Å². The summed E-state index contributed by atoms with van der Waals surface area (Å²) >= 11 is 0. The van der Waals surface area contributed by atoms with Crippen LogP contribution < -0.4 is 4.74 Å². The molecule has 0 spiro atoms. The van der Waals surface area contributed by atoms with Gasteiger partial charge in [0.25, 0.3) is 5.79 Å². The van der Waals surface area contributed by atoms with Crippen LogP contribution in [0.5, 0.6) is 5.75 Å². The van der Waals surface area contributed by atoms with Gasteiger partial charge < -0.3 is 32.9 Å². The molecular formula is C21H23NO8. The molecule has 0 saturated carbocycles. The van der Waals surface area contributed by atoms with Gasteiger partial charge in [0.1, 0.15) is 11.4 Å². The molecule has 1 aliphatic heterocycles. The summed E-state index contributed by atoms with van der Waals surface area (Å²) in [4.78, 5) is 13.5. The zero-order chi connectivity index (χ0) is 21.3. The Morgan fingerprint density at radius 3 is 2.40 bits per heavy atom. The number of hydrogen-bond donors (Lipinski definition) is 0. The molecule has 0 N–H and O–H groups in total. The third-order valence-electron chi connectivity index (χ3n) is 5.22. The zero-order valence-corrected chi connectivity index (χ0v) is 17.2. The highest BCUT2D eigenvalue weighted by molar-refractivity contribution is 6.12. The fraction of sp³-hybridized carbons (Fsp3) is 0.429. The fourth-order valence-electron chi connectivity index (χ4n) is 3.78. The number of fused-ring (bicyclic) bond motifs is 1. The Hall–Kier alpha value is -2.72. The minimum atomic E-state index is -1.75. The van der Waals surface area contributed by atoms with E-state index >= 15 is 0 Å². The van der Waals surface area contributed by atoms with Crippen LogP contribution in [0, 0.1) is 0 Å². The average Bonchev–Trinajstić information content (AvgIpc) is 3.22. The summed E-state index contributed by atoms with van der Waals surface area (Å²) in [5.41, 5.74) is 1.70. The highest BCUT2D eigenvalue weighted by Gasteiger charge is 2.51. The van der Waals surface area contributed by atoms with Gasteiger partial charge in [-0.1, -0.05) is 17.3 Å². The van der Waals surface area contributed by atoms with E-state index in [4.69, 9.17) is 32.9 Å². The van der Waals surface area contributed by atoms with Crippen molar-refractivity contribution in [3.63, 3.8) is 0 Å². The molecule has 9 heteroatoms. The molecule has 2 aliphatic rings. The summed E-state index contributed by atoms with van der Waals surface area (Å²) in [5.74, 6) is -1.36. The van der Waals surface area contributed by atoms with E-state index in [0.717, 1.165) is 6.42 Å². The summed E-state index contributed by atoms with van der Waals surface area (Å²) in [6.07, 6.45) is 1.72. The van der Waals surface area contributed by atoms with E-state index in [0.29, 0.717) is 30.1 Å². The molecule has 4 rings (SSSR count). The van der Waals surface area contributed by atoms with Gasteiger partial charge in [0.15, 0.2) is 17.8 Å². The van der Waals surface area contributed by atoms with Gasteiger partial charge >= 0.3 is 0 Å². The molecule has 0 unspecified atom stereocenters. The van der Waals surface area contributed by atoms with Crippen LogP contribution in [-0.2, 0) is 23.7 Å². The predicted octanol–water partition coefficient (Wildman–Crippen LogP) is 2.96. The lowest BCUT2D eigenvalue weighted by molar-refractivity contribution is -0.182. The van der Waals surface area contributed by atoms with Crippen LogP contribution in [0.2, 0.25) is 0 Å². The highest BCUT2D eigenvalue weighted by Crippen LogP contribution is 2.44. The van der Waals surface area contributed by atoms with Gasteiger partial charge in [-0.2, -0.15) is 0 Å². The third kappa shape index (κ3) is 3.02. The number of hydrogen-bond acceptors (Lipinski definition) is 9. The molecule has 0 radical (unpaired) electrons. The molecule has 1 aliphatic carbocycles. The lowest BCUT2D eigenvalue weighted by Crippen LogP contribution is -2.47. The van der Waals surface area contributed by atoms with Crippen LogP contribution in [-0.4, -0.2) is 58.4 Å². The van der Waals surface area contributed by atoms with E-state index in [1.54, 1.807) is 6.07 Å². The maximum Gasteiger partial charge on any atom is 0.293 e. The number of ether oxygens (including phenoxy) is 6. The van der Waals surface area contributed by atoms with Gasteiger partial charge in [0.05, 0.1) is 38.6 Å². The van der Waals surface area contributed by atoms with E-state index in [2.05, 4.69) is 5.16 Å². The Labute approximate surface area is 173 Å². The molecule has 0 amide bonds. The van der Waals surface area contributed by atoms with Gasteiger partial charge in [0.2, 0.25) is 5.78 Å². The zero-order valence-electron chi connectivity index (χ0n) is 17.2. The van der Waals surface area contributed by atoms with Crippen LogP contribution in [0.15, 0.2) is 28.5 Å². The molecule has 1 fully saturated rings. The molecular weight excluding hydrogens is 394 g/mol. The monoisotopic (exact) mass is 417 g/mol. The van der Waals surface area contributed by atoms with Crippen molar-refractivity contribution < 1.29 is 37.7 Å². The molecule has 0 bridgehead atoms. The number of carbonyl (C=O) groups is 1. The van der Waals surface area contributed by atoms with Gasteiger partial charge in [0, 0.05) is 25.9 Å². The molecule has 1 aromatic carbocycles. The number of nitrogens with zero attached hydrogens (tertiary/aromatic N) is 1. The lowest BCUT2D eigenvalue weighted by Gasteiger charge is -2.32. The Balaban J connectivity index is 1.93. The normalized spacial score (nSPS) is 18.7.